The van der Waals surface area contributed by atoms with Crippen LogP contribution in [0.4, 0.5) is 20.6 Å². The van der Waals surface area contributed by atoms with Crippen LogP contribution in [0.25, 0.3) is 11.8 Å². The van der Waals surface area contributed by atoms with Gasteiger partial charge in [0.25, 0.3) is 16.8 Å². The summed E-state index contributed by atoms with van der Waals surface area (Å²) in [5.74, 6) is -1.99. The number of hydrogen-bond acceptors (Lipinski definition) is 6. The maximum absolute atomic E-state index is 13.7. The molecule has 0 aliphatic carbocycles. The van der Waals surface area contributed by atoms with Crippen molar-refractivity contribution in [1.29, 1.82) is 0 Å². The van der Waals surface area contributed by atoms with Crippen LogP contribution in [0.5, 0.6) is 0 Å². The molecule has 3 aromatic rings. The molecule has 166 valence electrons. The van der Waals surface area contributed by atoms with Gasteiger partial charge in [-0.25, -0.2) is 4.39 Å². The molecule has 1 N–H and O–H groups in total. The Morgan fingerprint density at radius 3 is 2.52 bits per heavy atom. The molecule has 0 spiro atoms. The van der Waals surface area contributed by atoms with Gasteiger partial charge in [0.15, 0.2) is 0 Å². The fraction of sp³-hybridized carbons (Fsp3) is 0.0455. The number of thioether (sulfide) groups is 1. The number of nitro benzene ring substituents is 1. The van der Waals surface area contributed by atoms with Crippen molar-refractivity contribution in [3.05, 3.63) is 93.4 Å². The lowest BCUT2D eigenvalue weighted by Gasteiger charge is -2.12. The highest BCUT2D eigenvalue weighted by Gasteiger charge is 2.36. The summed E-state index contributed by atoms with van der Waals surface area (Å²) in [4.78, 5) is 48.6. The van der Waals surface area contributed by atoms with Crippen LogP contribution in [0.3, 0.4) is 0 Å². The number of hydrogen-bond donors (Lipinski definition) is 1. The van der Waals surface area contributed by atoms with Crippen LogP contribution in [0.15, 0.2) is 71.8 Å². The van der Waals surface area contributed by atoms with Crippen molar-refractivity contribution in [2.24, 2.45) is 0 Å². The number of non-ortho nitro benzene ring substituents is 1. The Bertz CT molecular complexity index is 1300. The van der Waals surface area contributed by atoms with Gasteiger partial charge in [0.2, 0.25) is 5.91 Å². The van der Waals surface area contributed by atoms with E-state index in [1.54, 1.807) is 41.1 Å². The molecule has 1 aliphatic rings. The Hall–Kier alpha value is -4.25. The second-order valence-electron chi connectivity index (χ2n) is 6.87. The first-order valence-electron chi connectivity index (χ1n) is 9.55. The van der Waals surface area contributed by atoms with Gasteiger partial charge in [0, 0.05) is 29.7 Å². The summed E-state index contributed by atoms with van der Waals surface area (Å²) in [7, 11) is 0. The zero-order valence-electron chi connectivity index (χ0n) is 16.8. The highest BCUT2D eigenvalue weighted by molar-refractivity contribution is 8.18. The lowest BCUT2D eigenvalue weighted by molar-refractivity contribution is -0.384. The van der Waals surface area contributed by atoms with Crippen LogP contribution in [-0.2, 0) is 9.59 Å². The number of rotatable bonds is 6. The van der Waals surface area contributed by atoms with Crippen LogP contribution in [0.2, 0.25) is 0 Å². The third kappa shape index (κ3) is 4.67. The number of nitrogens with one attached hydrogen (secondary N) is 1. The second-order valence-corrected chi connectivity index (χ2v) is 7.87. The zero-order valence-corrected chi connectivity index (χ0v) is 17.6. The van der Waals surface area contributed by atoms with Gasteiger partial charge in [-0.05, 0) is 54.2 Å². The predicted molar refractivity (Wildman–Crippen MR) is 120 cm³/mol. The van der Waals surface area contributed by atoms with Crippen LogP contribution >= 0.6 is 11.8 Å². The summed E-state index contributed by atoms with van der Waals surface area (Å²) in [6.45, 7) is -0.556. The molecule has 1 aromatic heterocycles. The van der Waals surface area contributed by atoms with Crippen molar-refractivity contribution in [2.45, 2.75) is 0 Å². The number of imide groups is 1. The normalized spacial score (nSPS) is 14.7. The molecule has 1 saturated heterocycles. The molecular formula is C22H15FN4O5S. The number of carbonyl (C=O) groups is 3. The summed E-state index contributed by atoms with van der Waals surface area (Å²) in [6.07, 6.45) is 3.21. The predicted octanol–water partition coefficient (Wildman–Crippen LogP) is 4.20. The van der Waals surface area contributed by atoms with Crippen molar-refractivity contribution in [3.8, 4) is 5.69 Å². The number of para-hydroxylation sites is 1. The van der Waals surface area contributed by atoms with E-state index >= 15 is 0 Å². The lowest BCUT2D eigenvalue weighted by atomic mass is 10.2. The third-order valence-electron chi connectivity index (χ3n) is 4.72. The van der Waals surface area contributed by atoms with E-state index in [1.165, 1.54) is 36.4 Å². The molecule has 3 amide bonds. The molecule has 0 bridgehead atoms. The van der Waals surface area contributed by atoms with Gasteiger partial charge in [0.1, 0.15) is 12.4 Å². The second kappa shape index (κ2) is 9.09. The van der Waals surface area contributed by atoms with Crippen molar-refractivity contribution >= 4 is 46.3 Å². The van der Waals surface area contributed by atoms with Gasteiger partial charge < -0.3 is 9.88 Å². The lowest BCUT2D eigenvalue weighted by Crippen LogP contribution is -2.36. The van der Waals surface area contributed by atoms with E-state index in [2.05, 4.69) is 5.32 Å². The minimum absolute atomic E-state index is 0.0501. The molecule has 9 nitrogen and oxygen atoms in total. The molecule has 33 heavy (non-hydrogen) atoms. The SMILES string of the molecule is O=C(CN1C(=O)SC(=Cc2cccn2-c2ccc([N+](=O)[O-])cc2)C1=O)Nc1ccccc1F. The van der Waals surface area contributed by atoms with E-state index in [0.29, 0.717) is 23.1 Å². The van der Waals surface area contributed by atoms with Gasteiger partial charge in [-0.2, -0.15) is 0 Å². The van der Waals surface area contributed by atoms with Crippen molar-refractivity contribution < 1.29 is 23.7 Å². The largest absolute Gasteiger partial charge is 0.322 e. The first-order valence-corrected chi connectivity index (χ1v) is 10.4. The van der Waals surface area contributed by atoms with Gasteiger partial charge >= 0.3 is 0 Å². The Balaban J connectivity index is 1.51. The average molecular weight is 466 g/mol. The number of carbonyl (C=O) groups excluding carboxylic acids is 3. The summed E-state index contributed by atoms with van der Waals surface area (Å²) in [6, 6.07) is 14.8. The van der Waals surface area contributed by atoms with Crippen LogP contribution in [0.1, 0.15) is 5.69 Å². The third-order valence-corrected chi connectivity index (χ3v) is 5.63. The van der Waals surface area contributed by atoms with Gasteiger partial charge in [0.05, 0.1) is 15.5 Å². The van der Waals surface area contributed by atoms with Crippen molar-refractivity contribution in [1.82, 2.24) is 9.47 Å². The van der Waals surface area contributed by atoms with E-state index in [-0.39, 0.29) is 16.3 Å². The van der Waals surface area contributed by atoms with Gasteiger partial charge in [-0.3, -0.25) is 29.4 Å². The Morgan fingerprint density at radius 1 is 1.09 bits per heavy atom. The first kappa shape index (κ1) is 22.0. The maximum atomic E-state index is 13.7. The summed E-state index contributed by atoms with van der Waals surface area (Å²) in [5.41, 5.74) is 1.08. The zero-order chi connectivity index (χ0) is 23.5. The minimum atomic E-state index is -0.710. The van der Waals surface area contributed by atoms with E-state index in [0.717, 1.165) is 4.90 Å². The molecular weight excluding hydrogens is 451 g/mol. The Labute approximate surface area is 190 Å². The number of nitro groups is 1. The molecule has 0 unspecified atom stereocenters. The van der Waals surface area contributed by atoms with E-state index in [4.69, 9.17) is 0 Å². The number of benzene rings is 2. The number of halogens is 1. The fourth-order valence-electron chi connectivity index (χ4n) is 3.15. The number of nitrogens with zero attached hydrogens (tertiary/aromatic N) is 3. The Morgan fingerprint density at radius 2 is 1.82 bits per heavy atom. The monoisotopic (exact) mass is 466 g/mol. The van der Waals surface area contributed by atoms with Crippen LogP contribution in [0, 0.1) is 15.9 Å². The van der Waals surface area contributed by atoms with Crippen molar-refractivity contribution in [3.63, 3.8) is 0 Å². The number of amides is 3. The minimum Gasteiger partial charge on any atom is -0.322 e. The Kier molecular flexibility index (Phi) is 6.05. The smallest absolute Gasteiger partial charge is 0.294 e. The molecule has 2 aromatic carbocycles. The van der Waals surface area contributed by atoms with E-state index in [1.807, 2.05) is 0 Å². The standard InChI is InChI=1S/C22H15FN4O5S/c23-17-5-1-2-6-18(17)24-20(28)13-26-21(29)19(33-22(26)30)12-16-4-3-11-25(16)14-7-9-15(10-8-14)27(31)32/h1-12H,13H2,(H,24,28). The van der Waals surface area contributed by atoms with Crippen LogP contribution in [-0.4, -0.2) is 38.0 Å². The molecule has 0 saturated carbocycles. The van der Waals surface area contributed by atoms with Crippen LogP contribution < -0.4 is 5.32 Å². The highest BCUT2D eigenvalue weighted by atomic mass is 32.2. The molecule has 11 heteroatoms. The van der Waals surface area contributed by atoms with Crippen molar-refractivity contribution in [2.75, 3.05) is 11.9 Å². The number of anilines is 1. The van der Waals surface area contributed by atoms with E-state index < -0.39 is 34.3 Å². The number of aromatic nitrogens is 1. The van der Waals surface area contributed by atoms with Gasteiger partial charge in [-0.1, -0.05) is 12.1 Å². The summed E-state index contributed by atoms with van der Waals surface area (Å²) >= 11 is 0.684. The quantitative estimate of drug-likeness (QED) is 0.331. The topological polar surface area (TPSA) is 115 Å². The highest BCUT2D eigenvalue weighted by Crippen LogP contribution is 2.32. The molecule has 0 radical (unpaired) electrons. The average Bonchev–Trinajstić information content (AvgIpc) is 3.35. The fourth-order valence-corrected chi connectivity index (χ4v) is 3.97. The first-order chi connectivity index (χ1) is 15.8. The molecule has 2 heterocycles. The van der Waals surface area contributed by atoms with E-state index in [9.17, 15) is 28.9 Å². The molecule has 4 rings (SSSR count). The van der Waals surface area contributed by atoms with Gasteiger partial charge in [-0.15, -0.1) is 0 Å². The summed E-state index contributed by atoms with van der Waals surface area (Å²) < 4.78 is 15.4. The molecule has 0 atom stereocenters. The molecule has 1 aliphatic heterocycles. The summed E-state index contributed by atoms with van der Waals surface area (Å²) in [5, 5.41) is 12.6. The molecule has 1 fully saturated rings. The maximum Gasteiger partial charge on any atom is 0.294 e.